The highest BCUT2D eigenvalue weighted by Crippen LogP contribution is 2.25. The molecule has 0 radical (unpaired) electrons. The van der Waals surface area contributed by atoms with Crippen molar-refractivity contribution in [2.45, 2.75) is 17.2 Å². The van der Waals surface area contributed by atoms with Crippen LogP contribution in [0.15, 0.2) is 40.6 Å². The molecule has 1 aliphatic heterocycles. The van der Waals surface area contributed by atoms with Gasteiger partial charge in [-0.15, -0.1) is 11.3 Å². The molecule has 1 unspecified atom stereocenters. The molecule has 1 aromatic carbocycles. The molecule has 2 aromatic rings. The lowest BCUT2D eigenvalue weighted by atomic mass is 10.3. The second-order valence-electron chi connectivity index (χ2n) is 5.31. The number of cyclic esters (lactones) is 1. The van der Waals surface area contributed by atoms with Crippen LogP contribution in [0.5, 0.6) is 0 Å². The summed E-state index contributed by atoms with van der Waals surface area (Å²) in [5.41, 5.74) is 0.617. The van der Waals surface area contributed by atoms with E-state index in [9.17, 15) is 13.2 Å². The number of ether oxygens (including phenoxy) is 1. The van der Waals surface area contributed by atoms with E-state index in [0.717, 1.165) is 4.88 Å². The SMILES string of the molecule is Cc1ccc(S(=O)(=O)NCC2CN(c3cccc(Cl)c3)C(=O)O2)s1. The number of nitrogens with zero attached hydrogens (tertiary/aromatic N) is 1. The molecule has 1 amide bonds. The maximum Gasteiger partial charge on any atom is 0.414 e. The van der Waals surface area contributed by atoms with Crippen molar-refractivity contribution in [1.29, 1.82) is 0 Å². The van der Waals surface area contributed by atoms with Crippen LogP contribution in [0.3, 0.4) is 0 Å². The molecule has 24 heavy (non-hydrogen) atoms. The van der Waals surface area contributed by atoms with Gasteiger partial charge in [-0.1, -0.05) is 17.7 Å². The molecule has 1 aromatic heterocycles. The van der Waals surface area contributed by atoms with E-state index in [4.69, 9.17) is 16.3 Å². The lowest BCUT2D eigenvalue weighted by Gasteiger charge is -2.13. The smallest absolute Gasteiger partial charge is 0.414 e. The first kappa shape index (κ1) is 17.2. The van der Waals surface area contributed by atoms with Crippen molar-refractivity contribution < 1.29 is 17.9 Å². The highest BCUT2D eigenvalue weighted by molar-refractivity contribution is 7.91. The Balaban J connectivity index is 1.64. The molecule has 1 N–H and O–H groups in total. The zero-order chi connectivity index (χ0) is 17.3. The van der Waals surface area contributed by atoms with Crippen LogP contribution in [0, 0.1) is 6.92 Å². The van der Waals surface area contributed by atoms with E-state index in [2.05, 4.69) is 4.72 Å². The third-order valence-electron chi connectivity index (χ3n) is 3.48. The summed E-state index contributed by atoms with van der Waals surface area (Å²) in [5.74, 6) is 0. The number of carbonyl (C=O) groups is 1. The number of sulfonamides is 1. The Hall–Kier alpha value is -1.61. The normalized spacial score (nSPS) is 18.0. The lowest BCUT2D eigenvalue weighted by Crippen LogP contribution is -2.34. The maximum absolute atomic E-state index is 12.2. The predicted octanol–water partition coefficient (Wildman–Crippen LogP) is 3.01. The number of thiophene rings is 1. The second kappa shape index (κ2) is 6.72. The van der Waals surface area contributed by atoms with Crippen LogP contribution in [0.2, 0.25) is 5.02 Å². The molecule has 9 heteroatoms. The number of benzene rings is 1. The van der Waals surface area contributed by atoms with Crippen LogP contribution in [0.1, 0.15) is 4.88 Å². The van der Waals surface area contributed by atoms with E-state index in [0.29, 0.717) is 10.7 Å². The van der Waals surface area contributed by atoms with Crippen molar-refractivity contribution in [3.8, 4) is 0 Å². The Morgan fingerprint density at radius 1 is 1.38 bits per heavy atom. The Bertz CT molecular complexity index is 866. The molecule has 1 atom stereocenters. The van der Waals surface area contributed by atoms with Crippen LogP contribution < -0.4 is 9.62 Å². The molecule has 0 aliphatic carbocycles. The van der Waals surface area contributed by atoms with Gasteiger partial charge in [0.25, 0.3) is 0 Å². The molecule has 128 valence electrons. The van der Waals surface area contributed by atoms with Gasteiger partial charge in [-0.05, 0) is 37.3 Å². The van der Waals surface area contributed by atoms with Gasteiger partial charge in [-0.2, -0.15) is 0 Å². The number of anilines is 1. The van der Waals surface area contributed by atoms with Crippen LogP contribution in [-0.4, -0.2) is 33.7 Å². The van der Waals surface area contributed by atoms with Crippen molar-refractivity contribution in [3.63, 3.8) is 0 Å². The standard InChI is InChI=1S/C15H15ClN2O4S2/c1-10-5-6-14(23-10)24(20,21)17-8-13-9-18(15(19)22-13)12-4-2-3-11(16)7-12/h2-7,13,17H,8-9H2,1H3. The number of nitrogens with one attached hydrogen (secondary N) is 1. The van der Waals surface area contributed by atoms with Crippen molar-refractivity contribution in [2.24, 2.45) is 0 Å². The van der Waals surface area contributed by atoms with Gasteiger partial charge in [-0.25, -0.2) is 17.9 Å². The second-order valence-corrected chi connectivity index (χ2v) is 9.03. The van der Waals surface area contributed by atoms with Gasteiger partial charge in [0.1, 0.15) is 10.3 Å². The summed E-state index contributed by atoms with van der Waals surface area (Å²) in [7, 11) is -3.60. The van der Waals surface area contributed by atoms with E-state index < -0.39 is 22.2 Å². The van der Waals surface area contributed by atoms with E-state index in [1.165, 1.54) is 16.2 Å². The Morgan fingerprint density at radius 2 is 2.17 bits per heavy atom. The fourth-order valence-electron chi connectivity index (χ4n) is 2.31. The van der Waals surface area contributed by atoms with Gasteiger partial charge in [0, 0.05) is 22.1 Å². The molecule has 6 nitrogen and oxygen atoms in total. The molecule has 1 aliphatic rings. The molecule has 3 rings (SSSR count). The first-order valence-corrected chi connectivity index (χ1v) is 9.83. The summed E-state index contributed by atoms with van der Waals surface area (Å²) >= 11 is 7.12. The van der Waals surface area contributed by atoms with Gasteiger partial charge >= 0.3 is 6.09 Å². The summed E-state index contributed by atoms with van der Waals surface area (Å²) in [5, 5.41) is 0.512. The minimum Gasteiger partial charge on any atom is -0.443 e. The van der Waals surface area contributed by atoms with Gasteiger partial charge in [0.2, 0.25) is 10.0 Å². The van der Waals surface area contributed by atoms with Crippen LogP contribution in [0.4, 0.5) is 10.5 Å². The molecule has 0 saturated carbocycles. The average Bonchev–Trinajstić information content (AvgIpc) is 3.12. The van der Waals surface area contributed by atoms with Crippen molar-refractivity contribution in [1.82, 2.24) is 4.72 Å². The topological polar surface area (TPSA) is 75.7 Å². The van der Waals surface area contributed by atoms with Crippen molar-refractivity contribution in [2.75, 3.05) is 18.0 Å². The minimum atomic E-state index is -3.60. The fourth-order valence-corrected chi connectivity index (χ4v) is 4.89. The largest absolute Gasteiger partial charge is 0.443 e. The van der Waals surface area contributed by atoms with Crippen LogP contribution >= 0.6 is 22.9 Å². The van der Waals surface area contributed by atoms with Crippen LogP contribution in [0.25, 0.3) is 0 Å². The number of rotatable bonds is 5. The Labute approximate surface area is 149 Å². The first-order valence-electron chi connectivity index (χ1n) is 7.15. The highest BCUT2D eigenvalue weighted by atomic mass is 35.5. The first-order chi connectivity index (χ1) is 11.3. The highest BCUT2D eigenvalue weighted by Gasteiger charge is 2.33. The molecule has 1 saturated heterocycles. The number of halogens is 1. The average molecular weight is 387 g/mol. The third-order valence-corrected chi connectivity index (χ3v) is 6.63. The molecule has 0 spiro atoms. The predicted molar refractivity (Wildman–Crippen MR) is 93.3 cm³/mol. The van der Waals surface area contributed by atoms with Gasteiger partial charge < -0.3 is 4.74 Å². The Morgan fingerprint density at radius 3 is 2.83 bits per heavy atom. The number of hydrogen-bond donors (Lipinski definition) is 1. The lowest BCUT2D eigenvalue weighted by molar-refractivity contribution is 0.143. The molecular weight excluding hydrogens is 372 g/mol. The maximum atomic E-state index is 12.2. The van der Waals surface area contributed by atoms with Crippen molar-refractivity contribution >= 4 is 44.7 Å². The van der Waals surface area contributed by atoms with Gasteiger partial charge in [0.15, 0.2) is 0 Å². The minimum absolute atomic E-state index is 0.0160. The number of carbonyl (C=O) groups excluding carboxylic acids is 1. The molecule has 0 bridgehead atoms. The van der Waals surface area contributed by atoms with E-state index in [1.54, 1.807) is 36.4 Å². The molecular formula is C15H15ClN2O4S2. The summed E-state index contributed by atoms with van der Waals surface area (Å²) < 4.78 is 32.4. The molecule has 1 fully saturated rings. The monoisotopic (exact) mass is 386 g/mol. The van der Waals surface area contributed by atoms with Crippen LogP contribution in [-0.2, 0) is 14.8 Å². The third kappa shape index (κ3) is 3.72. The zero-order valence-corrected chi connectivity index (χ0v) is 15.1. The van der Waals surface area contributed by atoms with Gasteiger partial charge in [0.05, 0.1) is 6.54 Å². The van der Waals surface area contributed by atoms with Gasteiger partial charge in [-0.3, -0.25) is 4.90 Å². The Kier molecular flexibility index (Phi) is 4.82. The summed E-state index contributed by atoms with van der Waals surface area (Å²) in [6, 6.07) is 10.1. The summed E-state index contributed by atoms with van der Waals surface area (Å²) in [4.78, 5) is 14.3. The molecule has 2 heterocycles. The number of hydrogen-bond acceptors (Lipinski definition) is 5. The number of aryl methyl sites for hydroxylation is 1. The number of amides is 1. The summed E-state index contributed by atoms with van der Waals surface area (Å²) in [6.45, 7) is 2.11. The zero-order valence-electron chi connectivity index (χ0n) is 12.7. The van der Waals surface area contributed by atoms with Crippen molar-refractivity contribution in [3.05, 3.63) is 46.3 Å². The van der Waals surface area contributed by atoms with E-state index >= 15 is 0 Å². The van der Waals surface area contributed by atoms with E-state index in [1.807, 2.05) is 6.92 Å². The fraction of sp³-hybridized carbons (Fsp3) is 0.267. The summed E-state index contributed by atoms with van der Waals surface area (Å²) in [6.07, 6.45) is -1.08. The van der Waals surface area contributed by atoms with E-state index in [-0.39, 0.29) is 17.3 Å². The quantitative estimate of drug-likeness (QED) is 0.857.